The minimum Gasteiger partial charge on any atom is -0.331 e. The van der Waals surface area contributed by atoms with Crippen molar-refractivity contribution in [1.82, 2.24) is 10.2 Å². The number of nitrogens with one attached hydrogen (secondary N) is 1. The molecule has 108 valence electrons. The largest absolute Gasteiger partial charge is 0.331 e. The zero-order chi connectivity index (χ0) is 14.7. The van der Waals surface area contributed by atoms with E-state index in [1.165, 1.54) is 11.3 Å². The summed E-state index contributed by atoms with van der Waals surface area (Å²) in [5, 5.41) is 2.97. The van der Waals surface area contributed by atoms with Crippen LogP contribution in [0.15, 0.2) is 28.1 Å². The molecule has 0 aliphatic rings. The van der Waals surface area contributed by atoms with Gasteiger partial charge in [0.15, 0.2) is 0 Å². The van der Waals surface area contributed by atoms with Crippen LogP contribution < -0.4 is 5.32 Å². The van der Waals surface area contributed by atoms with Crippen LogP contribution in [0.3, 0.4) is 0 Å². The molecular formula is C13H14BrClN2OS2. The smallest absolute Gasteiger partial charge is 0.317 e. The molecule has 2 aromatic heterocycles. The Balaban J connectivity index is 1.90. The highest BCUT2D eigenvalue weighted by atomic mass is 79.9. The molecule has 1 atom stereocenters. The number of urea groups is 1. The van der Waals surface area contributed by atoms with E-state index in [1.54, 1.807) is 23.3 Å². The van der Waals surface area contributed by atoms with Crippen molar-refractivity contribution in [3.05, 3.63) is 42.1 Å². The van der Waals surface area contributed by atoms with E-state index < -0.39 is 0 Å². The molecule has 0 radical (unpaired) electrons. The first-order chi connectivity index (χ1) is 9.45. The van der Waals surface area contributed by atoms with Crippen molar-refractivity contribution >= 4 is 56.2 Å². The van der Waals surface area contributed by atoms with Gasteiger partial charge >= 0.3 is 6.03 Å². The Morgan fingerprint density at radius 2 is 2.15 bits per heavy atom. The number of thiophene rings is 2. The van der Waals surface area contributed by atoms with Crippen molar-refractivity contribution in [3.63, 3.8) is 0 Å². The summed E-state index contributed by atoms with van der Waals surface area (Å²) in [6.45, 7) is 2.55. The van der Waals surface area contributed by atoms with Gasteiger partial charge in [0.05, 0.1) is 20.7 Å². The summed E-state index contributed by atoms with van der Waals surface area (Å²) in [6.07, 6.45) is 0. The summed E-state index contributed by atoms with van der Waals surface area (Å²) >= 11 is 12.4. The first kappa shape index (κ1) is 15.8. The standard InChI is InChI=1S/C13H14BrClN2OS2/c1-8(10-4-6-12(15)20-10)16-13(18)17(2)7-9-3-5-11(14)19-9/h3-6,8H,7H2,1-2H3,(H,16,18). The van der Waals surface area contributed by atoms with E-state index in [2.05, 4.69) is 21.2 Å². The topological polar surface area (TPSA) is 32.3 Å². The Morgan fingerprint density at radius 3 is 2.70 bits per heavy atom. The fraction of sp³-hybridized carbons (Fsp3) is 0.308. The lowest BCUT2D eigenvalue weighted by Gasteiger charge is -2.20. The van der Waals surface area contributed by atoms with E-state index >= 15 is 0 Å². The molecule has 7 heteroatoms. The van der Waals surface area contributed by atoms with Gasteiger partial charge in [0.1, 0.15) is 0 Å². The fourth-order valence-electron chi connectivity index (χ4n) is 1.67. The van der Waals surface area contributed by atoms with Gasteiger partial charge in [-0.3, -0.25) is 0 Å². The Kier molecular flexibility index (Phi) is 5.49. The van der Waals surface area contributed by atoms with Crippen molar-refractivity contribution in [2.45, 2.75) is 19.5 Å². The van der Waals surface area contributed by atoms with Gasteiger partial charge in [0, 0.05) is 16.8 Å². The third-order valence-corrected chi connectivity index (χ3v) is 5.75. The summed E-state index contributed by atoms with van der Waals surface area (Å²) in [5.74, 6) is 0. The van der Waals surface area contributed by atoms with Crippen molar-refractivity contribution in [3.8, 4) is 0 Å². The second-order valence-corrected chi connectivity index (χ2v) is 8.67. The quantitative estimate of drug-likeness (QED) is 0.767. The van der Waals surface area contributed by atoms with Gasteiger partial charge in [-0.25, -0.2) is 4.79 Å². The lowest BCUT2D eigenvalue weighted by molar-refractivity contribution is 0.204. The average Bonchev–Trinajstić information content (AvgIpc) is 2.98. The zero-order valence-corrected chi connectivity index (χ0v) is 15.0. The molecule has 0 bridgehead atoms. The number of hydrogen-bond acceptors (Lipinski definition) is 3. The Hall–Kier alpha value is -0.560. The van der Waals surface area contributed by atoms with Gasteiger partial charge in [-0.2, -0.15) is 0 Å². The summed E-state index contributed by atoms with van der Waals surface area (Å²) in [5.41, 5.74) is 0. The van der Waals surface area contributed by atoms with Crippen molar-refractivity contribution in [2.24, 2.45) is 0 Å². The Bertz CT molecular complexity index is 599. The van der Waals surface area contributed by atoms with Crippen LogP contribution in [0, 0.1) is 0 Å². The van der Waals surface area contributed by atoms with Crippen LogP contribution in [0.4, 0.5) is 4.79 Å². The van der Waals surface area contributed by atoms with Crippen molar-refractivity contribution in [2.75, 3.05) is 7.05 Å². The van der Waals surface area contributed by atoms with Crippen LogP contribution in [0.1, 0.15) is 22.7 Å². The monoisotopic (exact) mass is 392 g/mol. The van der Waals surface area contributed by atoms with Crippen LogP contribution in [0.25, 0.3) is 0 Å². The van der Waals surface area contributed by atoms with E-state index in [0.29, 0.717) is 6.54 Å². The molecule has 2 aromatic rings. The molecule has 0 saturated carbocycles. The zero-order valence-electron chi connectivity index (χ0n) is 11.0. The Morgan fingerprint density at radius 1 is 1.40 bits per heavy atom. The third-order valence-electron chi connectivity index (χ3n) is 2.73. The van der Waals surface area contributed by atoms with Crippen LogP contribution >= 0.6 is 50.2 Å². The molecule has 0 aliphatic carbocycles. The number of carbonyl (C=O) groups is 1. The molecule has 0 aliphatic heterocycles. The highest BCUT2D eigenvalue weighted by Crippen LogP contribution is 2.27. The minimum atomic E-state index is -0.0912. The minimum absolute atomic E-state index is 0.0440. The molecule has 0 spiro atoms. The molecule has 1 N–H and O–H groups in total. The molecule has 20 heavy (non-hydrogen) atoms. The molecule has 0 fully saturated rings. The van der Waals surface area contributed by atoms with Gasteiger partial charge in [-0.15, -0.1) is 22.7 Å². The number of halogens is 2. The SMILES string of the molecule is CC(NC(=O)N(C)Cc1ccc(Br)s1)c1ccc(Cl)s1. The average molecular weight is 394 g/mol. The number of rotatable bonds is 4. The number of nitrogens with zero attached hydrogens (tertiary/aromatic N) is 1. The van der Waals surface area contributed by atoms with E-state index in [4.69, 9.17) is 11.6 Å². The predicted octanol–water partition coefficient (Wildman–Crippen LogP) is 5.13. The summed E-state index contributed by atoms with van der Waals surface area (Å²) < 4.78 is 1.81. The van der Waals surface area contributed by atoms with E-state index in [1.807, 2.05) is 31.2 Å². The molecule has 3 nitrogen and oxygen atoms in total. The maximum Gasteiger partial charge on any atom is 0.317 e. The molecular weight excluding hydrogens is 380 g/mol. The third kappa shape index (κ3) is 4.22. The maximum absolute atomic E-state index is 12.1. The maximum atomic E-state index is 12.1. The van der Waals surface area contributed by atoms with Crippen LogP contribution in [-0.4, -0.2) is 18.0 Å². The summed E-state index contributed by atoms with van der Waals surface area (Å²) in [6, 6.07) is 7.65. The molecule has 1 unspecified atom stereocenters. The lowest BCUT2D eigenvalue weighted by atomic mass is 10.3. The number of hydrogen-bond donors (Lipinski definition) is 1. The number of carbonyl (C=O) groups excluding carboxylic acids is 1. The van der Waals surface area contributed by atoms with Gasteiger partial charge in [-0.1, -0.05) is 11.6 Å². The Labute approximate surface area is 139 Å². The molecule has 2 rings (SSSR count). The van der Waals surface area contributed by atoms with E-state index in [0.717, 1.165) is 17.9 Å². The summed E-state index contributed by atoms with van der Waals surface area (Å²) in [4.78, 5) is 16.0. The molecule has 0 saturated heterocycles. The van der Waals surface area contributed by atoms with Crippen LogP contribution in [0.5, 0.6) is 0 Å². The first-order valence-corrected chi connectivity index (χ1v) is 8.77. The van der Waals surface area contributed by atoms with Crippen LogP contribution in [-0.2, 0) is 6.54 Å². The summed E-state index contributed by atoms with van der Waals surface area (Å²) in [7, 11) is 1.79. The highest BCUT2D eigenvalue weighted by Gasteiger charge is 2.15. The first-order valence-electron chi connectivity index (χ1n) is 5.97. The fourth-order valence-corrected chi connectivity index (χ4v) is 4.27. The molecule has 2 heterocycles. The predicted molar refractivity (Wildman–Crippen MR) is 89.8 cm³/mol. The van der Waals surface area contributed by atoms with Gasteiger partial charge in [-0.05, 0) is 47.1 Å². The lowest BCUT2D eigenvalue weighted by Crippen LogP contribution is -2.37. The van der Waals surface area contributed by atoms with Crippen molar-refractivity contribution in [1.29, 1.82) is 0 Å². The molecule has 0 aromatic carbocycles. The van der Waals surface area contributed by atoms with Gasteiger partial charge < -0.3 is 10.2 Å². The second kappa shape index (κ2) is 6.93. The number of amides is 2. The highest BCUT2D eigenvalue weighted by molar-refractivity contribution is 9.11. The van der Waals surface area contributed by atoms with Crippen LogP contribution in [0.2, 0.25) is 4.34 Å². The van der Waals surface area contributed by atoms with E-state index in [-0.39, 0.29) is 12.1 Å². The van der Waals surface area contributed by atoms with Gasteiger partial charge in [0.2, 0.25) is 0 Å². The van der Waals surface area contributed by atoms with Crippen molar-refractivity contribution < 1.29 is 4.79 Å². The second-order valence-electron chi connectivity index (χ2n) is 4.37. The van der Waals surface area contributed by atoms with E-state index in [9.17, 15) is 4.79 Å². The van der Waals surface area contributed by atoms with Gasteiger partial charge in [0.25, 0.3) is 0 Å². The normalized spacial score (nSPS) is 12.2. The molecule has 2 amide bonds.